The van der Waals surface area contributed by atoms with Gasteiger partial charge in [0.05, 0.1) is 22.9 Å². The molecule has 126 valence electrons. The number of fused-ring (bicyclic) bond motifs is 5. The Morgan fingerprint density at radius 1 is 1.39 bits per heavy atom. The summed E-state index contributed by atoms with van der Waals surface area (Å²) in [6.45, 7) is 5.25. The summed E-state index contributed by atoms with van der Waals surface area (Å²) in [5.74, 6) is 2.49. The minimum absolute atomic E-state index is 0.510. The average molecular weight is 334 g/mol. The lowest BCUT2D eigenvalue weighted by molar-refractivity contribution is 0.0767. The molecule has 1 aromatic rings. The van der Waals surface area contributed by atoms with Gasteiger partial charge in [-0.1, -0.05) is 6.92 Å². The van der Waals surface area contributed by atoms with E-state index < -0.39 is 0 Å². The van der Waals surface area contributed by atoms with Crippen molar-refractivity contribution in [3.8, 4) is 0 Å². The molecule has 3 aliphatic heterocycles. The third kappa shape index (κ3) is 2.87. The van der Waals surface area contributed by atoms with E-state index in [1.807, 2.05) is 7.05 Å². The molecule has 1 N–H and O–H groups in total. The van der Waals surface area contributed by atoms with Crippen LogP contribution < -0.4 is 5.32 Å². The molecule has 3 fully saturated rings. The van der Waals surface area contributed by atoms with Gasteiger partial charge in [0.25, 0.3) is 0 Å². The van der Waals surface area contributed by atoms with Crippen molar-refractivity contribution in [3.63, 3.8) is 0 Å². The lowest BCUT2D eigenvalue weighted by atomic mass is 9.82. The molecule has 5 nitrogen and oxygen atoms in total. The standard InChI is InChI=1S/C17H26N4OS/c1-3-16-20-11(10-23-16)6-7-19-17(18-2)21-8-12-13(9-21)15-5-4-14(12)22-15/h10,12-15H,3-9H2,1-2H3,(H,18,19). The Hall–Kier alpha value is -1.14. The number of likely N-dealkylation sites (tertiary alicyclic amines) is 1. The summed E-state index contributed by atoms with van der Waals surface area (Å²) in [5, 5.41) is 6.93. The van der Waals surface area contributed by atoms with Crippen molar-refractivity contribution in [1.82, 2.24) is 15.2 Å². The lowest BCUT2D eigenvalue weighted by Gasteiger charge is -2.23. The van der Waals surface area contributed by atoms with Crippen molar-refractivity contribution in [2.45, 2.75) is 44.8 Å². The van der Waals surface area contributed by atoms with Crippen LogP contribution in [0.15, 0.2) is 10.4 Å². The van der Waals surface area contributed by atoms with E-state index in [0.29, 0.717) is 12.2 Å². The Morgan fingerprint density at radius 2 is 2.13 bits per heavy atom. The molecular weight excluding hydrogens is 308 g/mol. The van der Waals surface area contributed by atoms with E-state index in [4.69, 9.17) is 4.74 Å². The van der Waals surface area contributed by atoms with Gasteiger partial charge in [-0.2, -0.15) is 0 Å². The second kappa shape index (κ2) is 6.40. The quantitative estimate of drug-likeness (QED) is 0.675. The van der Waals surface area contributed by atoms with Crippen LogP contribution in [0.4, 0.5) is 0 Å². The maximum absolute atomic E-state index is 6.06. The molecular formula is C17H26N4OS. The normalized spacial score (nSPS) is 32.6. The fraction of sp³-hybridized carbons (Fsp3) is 0.765. The van der Waals surface area contributed by atoms with E-state index in [1.165, 1.54) is 23.5 Å². The van der Waals surface area contributed by atoms with Crippen LogP contribution >= 0.6 is 11.3 Å². The van der Waals surface area contributed by atoms with Gasteiger partial charge in [-0.15, -0.1) is 11.3 Å². The number of hydrogen-bond acceptors (Lipinski definition) is 4. The lowest BCUT2D eigenvalue weighted by Crippen LogP contribution is -2.42. The first-order valence-electron chi connectivity index (χ1n) is 8.82. The number of guanidine groups is 1. The first-order chi connectivity index (χ1) is 11.3. The van der Waals surface area contributed by atoms with Crippen LogP contribution in [0.5, 0.6) is 0 Å². The third-order valence-corrected chi connectivity index (χ3v) is 6.57. The third-order valence-electron chi connectivity index (χ3n) is 5.53. The zero-order chi connectivity index (χ0) is 15.8. The molecule has 4 rings (SSSR count). The number of thiazole rings is 1. The molecule has 1 aromatic heterocycles. The molecule has 4 heterocycles. The molecule has 4 atom stereocenters. The van der Waals surface area contributed by atoms with Gasteiger partial charge in [0.1, 0.15) is 0 Å². The van der Waals surface area contributed by atoms with Gasteiger partial charge < -0.3 is 15.0 Å². The minimum Gasteiger partial charge on any atom is -0.374 e. The molecule has 2 bridgehead atoms. The number of nitrogens with zero attached hydrogens (tertiary/aromatic N) is 3. The highest BCUT2D eigenvalue weighted by atomic mass is 32.1. The Kier molecular flexibility index (Phi) is 4.28. The Morgan fingerprint density at radius 3 is 2.74 bits per heavy atom. The molecule has 6 heteroatoms. The first-order valence-corrected chi connectivity index (χ1v) is 9.70. The van der Waals surface area contributed by atoms with Crippen molar-refractivity contribution >= 4 is 17.3 Å². The largest absolute Gasteiger partial charge is 0.374 e. The number of aromatic nitrogens is 1. The summed E-state index contributed by atoms with van der Waals surface area (Å²) in [6.07, 6.45) is 5.53. The van der Waals surface area contributed by atoms with Crippen molar-refractivity contribution in [3.05, 3.63) is 16.1 Å². The summed E-state index contributed by atoms with van der Waals surface area (Å²) >= 11 is 1.76. The maximum atomic E-state index is 6.06. The summed E-state index contributed by atoms with van der Waals surface area (Å²) < 4.78 is 6.06. The van der Waals surface area contributed by atoms with E-state index in [1.54, 1.807) is 11.3 Å². The SMILES string of the molecule is CCc1nc(CCNC(=NC)N2CC3C4CCC(O4)C3C2)cs1. The van der Waals surface area contributed by atoms with Crippen LogP contribution in [0.1, 0.15) is 30.5 Å². The molecule has 0 spiro atoms. The Balaban J connectivity index is 1.30. The van der Waals surface area contributed by atoms with Crippen molar-refractivity contribution in [2.24, 2.45) is 16.8 Å². The predicted octanol–water partition coefficient (Wildman–Crippen LogP) is 1.93. The summed E-state index contributed by atoms with van der Waals surface area (Å²) in [4.78, 5) is 11.6. The summed E-state index contributed by atoms with van der Waals surface area (Å²) in [5.41, 5.74) is 1.19. The first kappa shape index (κ1) is 15.4. The highest BCUT2D eigenvalue weighted by Crippen LogP contribution is 2.47. The zero-order valence-corrected chi connectivity index (χ0v) is 14.8. The van der Waals surface area contributed by atoms with Crippen LogP contribution in [0.2, 0.25) is 0 Å². The molecule has 3 saturated heterocycles. The smallest absolute Gasteiger partial charge is 0.193 e. The van der Waals surface area contributed by atoms with E-state index in [0.717, 1.165) is 50.3 Å². The van der Waals surface area contributed by atoms with E-state index >= 15 is 0 Å². The van der Waals surface area contributed by atoms with Crippen LogP contribution in [-0.4, -0.2) is 54.7 Å². The van der Waals surface area contributed by atoms with Crippen LogP contribution in [0.25, 0.3) is 0 Å². The van der Waals surface area contributed by atoms with Gasteiger partial charge in [0.15, 0.2) is 5.96 Å². The number of aryl methyl sites for hydroxylation is 1. The summed E-state index contributed by atoms with van der Waals surface area (Å²) in [7, 11) is 1.89. The van der Waals surface area contributed by atoms with Crippen molar-refractivity contribution in [1.29, 1.82) is 0 Å². The van der Waals surface area contributed by atoms with Crippen molar-refractivity contribution < 1.29 is 4.74 Å². The molecule has 23 heavy (non-hydrogen) atoms. The van der Waals surface area contributed by atoms with Gasteiger partial charge >= 0.3 is 0 Å². The highest BCUT2D eigenvalue weighted by Gasteiger charge is 2.53. The Bertz CT molecular complexity index is 569. The van der Waals surface area contributed by atoms with Gasteiger partial charge in [0.2, 0.25) is 0 Å². The van der Waals surface area contributed by atoms with Crippen LogP contribution in [-0.2, 0) is 17.6 Å². The van der Waals surface area contributed by atoms with E-state index in [2.05, 4.69) is 32.5 Å². The van der Waals surface area contributed by atoms with Gasteiger partial charge in [0, 0.05) is 50.3 Å². The van der Waals surface area contributed by atoms with E-state index in [-0.39, 0.29) is 0 Å². The monoisotopic (exact) mass is 334 g/mol. The molecule has 4 unspecified atom stereocenters. The second-order valence-electron chi connectivity index (χ2n) is 6.83. The minimum atomic E-state index is 0.510. The number of nitrogens with one attached hydrogen (secondary N) is 1. The second-order valence-corrected chi connectivity index (χ2v) is 7.78. The number of rotatable bonds is 4. The molecule has 0 aliphatic carbocycles. The van der Waals surface area contributed by atoms with Crippen molar-refractivity contribution in [2.75, 3.05) is 26.7 Å². The number of ether oxygens (including phenoxy) is 1. The molecule has 0 radical (unpaired) electrons. The molecule has 0 aromatic carbocycles. The fourth-order valence-corrected chi connectivity index (χ4v) is 5.17. The van der Waals surface area contributed by atoms with Gasteiger partial charge in [-0.05, 0) is 19.3 Å². The number of aliphatic imine (C=N–C) groups is 1. The molecule has 0 amide bonds. The zero-order valence-electron chi connectivity index (χ0n) is 14.0. The van der Waals surface area contributed by atoms with Crippen LogP contribution in [0, 0.1) is 11.8 Å². The van der Waals surface area contributed by atoms with E-state index in [9.17, 15) is 0 Å². The fourth-order valence-electron chi connectivity index (χ4n) is 4.39. The predicted molar refractivity (Wildman–Crippen MR) is 93.0 cm³/mol. The Labute approximate surface area is 142 Å². The molecule has 0 saturated carbocycles. The maximum Gasteiger partial charge on any atom is 0.193 e. The summed E-state index contributed by atoms with van der Waals surface area (Å²) in [6, 6.07) is 0. The van der Waals surface area contributed by atoms with Gasteiger partial charge in [-0.25, -0.2) is 4.98 Å². The average Bonchev–Trinajstić information content (AvgIpc) is 3.32. The van der Waals surface area contributed by atoms with Gasteiger partial charge in [-0.3, -0.25) is 4.99 Å². The number of hydrogen-bond donors (Lipinski definition) is 1. The molecule has 3 aliphatic rings. The highest BCUT2D eigenvalue weighted by molar-refractivity contribution is 7.09. The van der Waals surface area contributed by atoms with Crippen LogP contribution in [0.3, 0.4) is 0 Å². The topological polar surface area (TPSA) is 49.8 Å².